The molecule has 5 heteroatoms. The van der Waals surface area contributed by atoms with Crippen LogP contribution >= 0.6 is 0 Å². The van der Waals surface area contributed by atoms with Crippen molar-refractivity contribution < 1.29 is 4.74 Å². The Balaban J connectivity index is 1.67. The molecule has 0 aromatic heterocycles. The number of hydrogen-bond acceptors (Lipinski definition) is 3. The fourth-order valence-corrected chi connectivity index (χ4v) is 3.74. The van der Waals surface area contributed by atoms with Gasteiger partial charge in [-0.3, -0.25) is 9.89 Å². The largest absolute Gasteiger partial charge is 0.379 e. The lowest BCUT2D eigenvalue weighted by Crippen LogP contribution is -2.47. The molecule has 0 aromatic rings. The third-order valence-electron chi connectivity index (χ3n) is 5.22. The first-order chi connectivity index (χ1) is 11.2. The van der Waals surface area contributed by atoms with E-state index in [4.69, 9.17) is 4.74 Å². The highest BCUT2D eigenvalue weighted by Crippen LogP contribution is 2.26. The van der Waals surface area contributed by atoms with Crippen LogP contribution in [0.4, 0.5) is 0 Å². The molecule has 3 unspecified atom stereocenters. The molecule has 5 nitrogen and oxygen atoms in total. The number of morpholine rings is 1. The molecule has 1 aliphatic heterocycles. The van der Waals surface area contributed by atoms with Crippen LogP contribution in [-0.4, -0.2) is 63.3 Å². The van der Waals surface area contributed by atoms with Crippen LogP contribution in [0.1, 0.15) is 46.0 Å². The molecule has 1 aliphatic carbocycles. The van der Waals surface area contributed by atoms with E-state index in [0.29, 0.717) is 12.0 Å². The van der Waals surface area contributed by atoms with Gasteiger partial charge in [-0.05, 0) is 24.7 Å². The molecule has 1 saturated heterocycles. The van der Waals surface area contributed by atoms with E-state index in [0.717, 1.165) is 51.3 Å². The Morgan fingerprint density at radius 3 is 2.78 bits per heavy atom. The summed E-state index contributed by atoms with van der Waals surface area (Å²) in [5.41, 5.74) is 0. The topological polar surface area (TPSA) is 48.9 Å². The first kappa shape index (κ1) is 18.5. The summed E-state index contributed by atoms with van der Waals surface area (Å²) in [5, 5.41) is 7.15. The molecule has 2 rings (SSSR count). The average molecular weight is 325 g/mol. The van der Waals surface area contributed by atoms with Gasteiger partial charge in [0.1, 0.15) is 0 Å². The van der Waals surface area contributed by atoms with Gasteiger partial charge >= 0.3 is 0 Å². The summed E-state index contributed by atoms with van der Waals surface area (Å²) in [5.74, 6) is 2.47. The second-order valence-corrected chi connectivity index (χ2v) is 7.25. The van der Waals surface area contributed by atoms with Crippen molar-refractivity contribution in [1.82, 2.24) is 15.5 Å². The maximum atomic E-state index is 5.41. The summed E-state index contributed by atoms with van der Waals surface area (Å²) < 4.78 is 5.41. The standard InChI is InChI=1S/C18H36N4O/c1-4-16-6-5-7-17(12-16)21-18(19-3)20-13-15(2)14-22-8-10-23-11-9-22/h15-17H,4-14H2,1-3H3,(H2,19,20,21). The minimum atomic E-state index is 0.592. The molecule has 0 spiro atoms. The Hall–Kier alpha value is -0.810. The Morgan fingerprint density at radius 1 is 1.30 bits per heavy atom. The van der Waals surface area contributed by atoms with E-state index in [1.54, 1.807) is 0 Å². The zero-order valence-corrected chi connectivity index (χ0v) is 15.3. The highest BCUT2D eigenvalue weighted by Gasteiger charge is 2.21. The Kier molecular flexibility index (Phi) is 8.17. The summed E-state index contributed by atoms with van der Waals surface area (Å²) in [7, 11) is 1.88. The number of guanidine groups is 1. The first-order valence-corrected chi connectivity index (χ1v) is 9.48. The van der Waals surface area contributed by atoms with Crippen molar-refractivity contribution in [2.75, 3.05) is 46.4 Å². The smallest absolute Gasteiger partial charge is 0.191 e. The molecule has 3 atom stereocenters. The maximum absolute atomic E-state index is 5.41. The van der Waals surface area contributed by atoms with Crippen molar-refractivity contribution in [3.05, 3.63) is 0 Å². The van der Waals surface area contributed by atoms with Crippen molar-refractivity contribution in [1.29, 1.82) is 0 Å². The van der Waals surface area contributed by atoms with Gasteiger partial charge in [-0.1, -0.05) is 33.1 Å². The van der Waals surface area contributed by atoms with E-state index in [2.05, 4.69) is 34.4 Å². The lowest BCUT2D eigenvalue weighted by Gasteiger charge is -2.31. The van der Waals surface area contributed by atoms with Gasteiger partial charge in [-0.25, -0.2) is 0 Å². The summed E-state index contributed by atoms with van der Waals surface area (Å²) in [4.78, 5) is 6.91. The van der Waals surface area contributed by atoms with Gasteiger partial charge in [-0.2, -0.15) is 0 Å². The van der Waals surface area contributed by atoms with E-state index in [1.807, 2.05) is 7.05 Å². The molecule has 134 valence electrons. The molecule has 2 fully saturated rings. The van der Waals surface area contributed by atoms with Gasteiger partial charge in [0.05, 0.1) is 13.2 Å². The predicted octanol–water partition coefficient (Wildman–Crippen LogP) is 2.09. The highest BCUT2D eigenvalue weighted by atomic mass is 16.5. The number of rotatable bonds is 6. The molecule has 1 saturated carbocycles. The SMILES string of the molecule is CCC1CCCC(NC(=NC)NCC(C)CN2CCOCC2)C1. The highest BCUT2D eigenvalue weighted by molar-refractivity contribution is 5.79. The summed E-state index contributed by atoms with van der Waals surface area (Å²) >= 11 is 0. The van der Waals surface area contributed by atoms with E-state index in [-0.39, 0.29) is 0 Å². The van der Waals surface area contributed by atoms with Crippen LogP contribution in [0.25, 0.3) is 0 Å². The van der Waals surface area contributed by atoms with Gasteiger partial charge in [-0.15, -0.1) is 0 Å². The van der Waals surface area contributed by atoms with Crippen molar-refractivity contribution in [3.63, 3.8) is 0 Å². The van der Waals surface area contributed by atoms with Crippen molar-refractivity contribution in [2.45, 2.75) is 52.0 Å². The van der Waals surface area contributed by atoms with E-state index in [9.17, 15) is 0 Å². The van der Waals surface area contributed by atoms with Crippen LogP contribution in [0, 0.1) is 11.8 Å². The number of nitrogens with zero attached hydrogens (tertiary/aromatic N) is 2. The minimum absolute atomic E-state index is 0.592. The fraction of sp³-hybridized carbons (Fsp3) is 0.944. The van der Waals surface area contributed by atoms with Gasteiger partial charge < -0.3 is 15.4 Å². The summed E-state index contributed by atoms with van der Waals surface area (Å²) in [6.45, 7) is 10.6. The number of nitrogens with one attached hydrogen (secondary N) is 2. The Morgan fingerprint density at radius 2 is 2.09 bits per heavy atom. The molecule has 1 heterocycles. The van der Waals surface area contributed by atoms with Gasteiger partial charge in [0.25, 0.3) is 0 Å². The summed E-state index contributed by atoms with van der Waals surface area (Å²) in [6, 6.07) is 0.592. The Labute approximate surface area is 142 Å². The molecule has 0 aromatic carbocycles. The molecule has 0 radical (unpaired) electrons. The molecular formula is C18H36N4O. The van der Waals surface area contributed by atoms with Crippen LogP contribution in [0.15, 0.2) is 4.99 Å². The molecule has 0 bridgehead atoms. The number of ether oxygens (including phenoxy) is 1. The lowest BCUT2D eigenvalue weighted by atomic mass is 9.84. The molecular weight excluding hydrogens is 288 g/mol. The van der Waals surface area contributed by atoms with E-state index in [1.165, 1.54) is 32.1 Å². The first-order valence-electron chi connectivity index (χ1n) is 9.48. The lowest BCUT2D eigenvalue weighted by molar-refractivity contribution is 0.0320. The Bertz CT molecular complexity index is 355. The average Bonchev–Trinajstić information content (AvgIpc) is 2.59. The van der Waals surface area contributed by atoms with Crippen LogP contribution in [0.5, 0.6) is 0 Å². The van der Waals surface area contributed by atoms with Crippen molar-refractivity contribution >= 4 is 5.96 Å². The van der Waals surface area contributed by atoms with E-state index >= 15 is 0 Å². The van der Waals surface area contributed by atoms with Crippen molar-refractivity contribution in [2.24, 2.45) is 16.8 Å². The van der Waals surface area contributed by atoms with Crippen LogP contribution in [-0.2, 0) is 4.74 Å². The van der Waals surface area contributed by atoms with Crippen molar-refractivity contribution in [3.8, 4) is 0 Å². The van der Waals surface area contributed by atoms with Crippen LogP contribution in [0.3, 0.4) is 0 Å². The molecule has 2 aliphatic rings. The van der Waals surface area contributed by atoms with Gasteiger partial charge in [0.15, 0.2) is 5.96 Å². The third kappa shape index (κ3) is 6.68. The van der Waals surface area contributed by atoms with Crippen LogP contribution < -0.4 is 10.6 Å². The zero-order valence-electron chi connectivity index (χ0n) is 15.3. The minimum Gasteiger partial charge on any atom is -0.379 e. The molecule has 2 N–H and O–H groups in total. The van der Waals surface area contributed by atoms with Crippen LogP contribution in [0.2, 0.25) is 0 Å². The zero-order chi connectivity index (χ0) is 16.5. The maximum Gasteiger partial charge on any atom is 0.191 e. The third-order valence-corrected chi connectivity index (χ3v) is 5.22. The quantitative estimate of drug-likeness (QED) is 0.580. The second kappa shape index (κ2) is 10.1. The number of aliphatic imine (C=N–C) groups is 1. The van der Waals surface area contributed by atoms with Gasteiger partial charge in [0.2, 0.25) is 0 Å². The van der Waals surface area contributed by atoms with Gasteiger partial charge in [0, 0.05) is 39.3 Å². The normalized spacial score (nSPS) is 28.4. The second-order valence-electron chi connectivity index (χ2n) is 7.25. The predicted molar refractivity (Wildman–Crippen MR) is 97.0 cm³/mol. The monoisotopic (exact) mass is 324 g/mol. The van der Waals surface area contributed by atoms with E-state index < -0.39 is 0 Å². The molecule has 23 heavy (non-hydrogen) atoms. The number of hydrogen-bond donors (Lipinski definition) is 2. The molecule has 0 amide bonds. The fourth-order valence-electron chi connectivity index (χ4n) is 3.74. The summed E-state index contributed by atoms with van der Waals surface area (Å²) in [6.07, 6.45) is 6.62.